The Labute approximate surface area is 133 Å². The molecule has 118 valence electrons. The molecule has 1 aliphatic rings. The minimum absolute atomic E-state index is 0.0250. The molecular formula is C15H20N4O2S. The molecule has 6 nitrogen and oxygen atoms in total. The highest BCUT2D eigenvalue weighted by Crippen LogP contribution is 2.34. The molecule has 2 atom stereocenters. The summed E-state index contributed by atoms with van der Waals surface area (Å²) in [7, 11) is 1.87. The van der Waals surface area contributed by atoms with E-state index < -0.39 is 0 Å². The van der Waals surface area contributed by atoms with Gasteiger partial charge in [0.05, 0.1) is 18.2 Å². The lowest BCUT2D eigenvalue weighted by Crippen LogP contribution is -2.32. The van der Waals surface area contributed by atoms with Crippen molar-refractivity contribution in [3.63, 3.8) is 0 Å². The van der Waals surface area contributed by atoms with Gasteiger partial charge >= 0.3 is 0 Å². The molecule has 2 aromatic heterocycles. The third kappa shape index (κ3) is 3.05. The molecule has 1 amide bonds. The van der Waals surface area contributed by atoms with Crippen LogP contribution in [-0.4, -0.2) is 27.3 Å². The van der Waals surface area contributed by atoms with Crippen molar-refractivity contribution in [1.29, 1.82) is 0 Å². The van der Waals surface area contributed by atoms with Gasteiger partial charge in [-0.25, -0.2) is 4.98 Å². The van der Waals surface area contributed by atoms with Crippen molar-refractivity contribution in [2.75, 3.05) is 6.61 Å². The standard InChI is InChI=1S/C15H20N4O2S/c1-3-10-8-16-13(22-10)9-17-15(20)11-5-7-21-14(11)12-4-6-18-19(12)2/h4,6,8,11,14H,3,5,7,9H2,1-2H3,(H,17,20)/t11-,14-/m1/s1. The summed E-state index contributed by atoms with van der Waals surface area (Å²) in [6, 6.07) is 1.91. The van der Waals surface area contributed by atoms with E-state index in [0.29, 0.717) is 13.2 Å². The van der Waals surface area contributed by atoms with E-state index in [4.69, 9.17) is 4.74 Å². The number of carbonyl (C=O) groups excluding carboxylic acids is 1. The normalized spacial score (nSPS) is 21.2. The number of nitrogens with one attached hydrogen (secondary N) is 1. The molecule has 0 aromatic carbocycles. The zero-order chi connectivity index (χ0) is 15.5. The summed E-state index contributed by atoms with van der Waals surface area (Å²) in [6.07, 6.45) is 5.11. The van der Waals surface area contributed by atoms with Gasteiger partial charge in [-0.15, -0.1) is 11.3 Å². The third-order valence-electron chi connectivity index (χ3n) is 3.94. The molecule has 1 saturated heterocycles. The number of ether oxygens (including phenoxy) is 1. The number of hydrogen-bond donors (Lipinski definition) is 1. The van der Waals surface area contributed by atoms with Crippen molar-refractivity contribution in [3.05, 3.63) is 34.0 Å². The number of aryl methyl sites for hydroxylation is 2. The van der Waals surface area contributed by atoms with Crippen LogP contribution in [0.3, 0.4) is 0 Å². The second-order valence-electron chi connectivity index (χ2n) is 5.36. The molecule has 3 heterocycles. The number of rotatable bonds is 5. The van der Waals surface area contributed by atoms with Crippen LogP contribution in [0.5, 0.6) is 0 Å². The van der Waals surface area contributed by atoms with E-state index in [1.54, 1.807) is 22.2 Å². The Kier molecular flexibility index (Phi) is 4.54. The van der Waals surface area contributed by atoms with E-state index >= 15 is 0 Å². The molecule has 0 spiro atoms. The summed E-state index contributed by atoms with van der Waals surface area (Å²) in [5.41, 5.74) is 0.945. The smallest absolute Gasteiger partial charge is 0.226 e. The molecule has 7 heteroatoms. The lowest BCUT2D eigenvalue weighted by atomic mass is 9.98. The summed E-state index contributed by atoms with van der Waals surface area (Å²) < 4.78 is 7.52. The topological polar surface area (TPSA) is 69.0 Å². The first kappa shape index (κ1) is 15.2. The van der Waals surface area contributed by atoms with Crippen LogP contribution in [0.25, 0.3) is 0 Å². The van der Waals surface area contributed by atoms with E-state index in [1.165, 1.54) is 4.88 Å². The summed E-state index contributed by atoms with van der Waals surface area (Å²) in [4.78, 5) is 18.0. The number of carbonyl (C=O) groups is 1. The molecule has 22 heavy (non-hydrogen) atoms. The summed E-state index contributed by atoms with van der Waals surface area (Å²) in [5.74, 6) is -0.141. The Bertz CT molecular complexity index is 652. The van der Waals surface area contributed by atoms with Crippen LogP contribution in [0.1, 0.15) is 35.0 Å². The first-order chi connectivity index (χ1) is 10.7. The number of thiazole rings is 1. The molecule has 0 unspecified atom stereocenters. The van der Waals surface area contributed by atoms with E-state index in [9.17, 15) is 4.79 Å². The fraction of sp³-hybridized carbons (Fsp3) is 0.533. The van der Waals surface area contributed by atoms with Gasteiger partial charge in [-0.2, -0.15) is 5.10 Å². The van der Waals surface area contributed by atoms with Gasteiger partial charge in [-0.3, -0.25) is 9.48 Å². The van der Waals surface area contributed by atoms with Crippen LogP contribution in [0.2, 0.25) is 0 Å². The van der Waals surface area contributed by atoms with Crippen LogP contribution >= 0.6 is 11.3 Å². The van der Waals surface area contributed by atoms with Gasteiger partial charge < -0.3 is 10.1 Å². The summed E-state index contributed by atoms with van der Waals surface area (Å²) in [6.45, 7) is 3.19. The fourth-order valence-electron chi connectivity index (χ4n) is 2.70. The second kappa shape index (κ2) is 6.58. The van der Waals surface area contributed by atoms with Crippen LogP contribution in [0.15, 0.2) is 18.5 Å². The van der Waals surface area contributed by atoms with Crippen molar-refractivity contribution in [1.82, 2.24) is 20.1 Å². The number of hydrogen-bond acceptors (Lipinski definition) is 5. The lowest BCUT2D eigenvalue weighted by molar-refractivity contribution is -0.127. The number of amides is 1. The summed E-state index contributed by atoms with van der Waals surface area (Å²) in [5, 5.41) is 8.09. The Morgan fingerprint density at radius 2 is 2.45 bits per heavy atom. The lowest BCUT2D eigenvalue weighted by Gasteiger charge is -2.18. The van der Waals surface area contributed by atoms with Gasteiger partial charge in [0.25, 0.3) is 0 Å². The molecule has 1 aliphatic heterocycles. The molecule has 2 aromatic rings. The minimum atomic E-state index is -0.213. The molecule has 0 saturated carbocycles. The highest BCUT2D eigenvalue weighted by atomic mass is 32.1. The average Bonchev–Trinajstić information content (AvgIpc) is 3.24. The molecule has 0 radical (unpaired) electrons. The Morgan fingerprint density at radius 1 is 1.59 bits per heavy atom. The van der Waals surface area contributed by atoms with Crippen molar-refractivity contribution in [3.8, 4) is 0 Å². The van der Waals surface area contributed by atoms with Crippen molar-refractivity contribution < 1.29 is 9.53 Å². The maximum Gasteiger partial charge on any atom is 0.226 e. The van der Waals surface area contributed by atoms with Crippen molar-refractivity contribution in [2.45, 2.75) is 32.4 Å². The monoisotopic (exact) mass is 320 g/mol. The van der Waals surface area contributed by atoms with Gasteiger partial charge in [0.1, 0.15) is 11.1 Å². The third-order valence-corrected chi connectivity index (χ3v) is 5.08. The van der Waals surface area contributed by atoms with E-state index in [2.05, 4.69) is 22.3 Å². The summed E-state index contributed by atoms with van der Waals surface area (Å²) >= 11 is 1.65. The maximum absolute atomic E-state index is 12.5. The number of aromatic nitrogens is 3. The Balaban J connectivity index is 1.62. The van der Waals surface area contributed by atoms with Crippen LogP contribution in [0, 0.1) is 5.92 Å². The average molecular weight is 320 g/mol. The first-order valence-corrected chi connectivity index (χ1v) is 8.31. The highest BCUT2D eigenvalue weighted by molar-refractivity contribution is 7.11. The van der Waals surface area contributed by atoms with Gasteiger partial charge in [-0.1, -0.05) is 6.92 Å². The van der Waals surface area contributed by atoms with Gasteiger partial charge in [0.15, 0.2) is 0 Å². The quantitative estimate of drug-likeness (QED) is 0.912. The van der Waals surface area contributed by atoms with E-state index in [0.717, 1.165) is 23.5 Å². The maximum atomic E-state index is 12.5. The highest BCUT2D eigenvalue weighted by Gasteiger charge is 2.36. The van der Waals surface area contributed by atoms with Gasteiger partial charge in [0.2, 0.25) is 5.91 Å². The Morgan fingerprint density at radius 3 is 3.14 bits per heavy atom. The Hall–Kier alpha value is -1.73. The SMILES string of the molecule is CCc1cnc(CNC(=O)[C@@H]2CCO[C@H]2c2ccnn2C)s1. The molecular weight excluding hydrogens is 300 g/mol. The molecule has 3 rings (SSSR count). The molecule has 1 fully saturated rings. The number of nitrogens with zero attached hydrogens (tertiary/aromatic N) is 3. The molecule has 0 aliphatic carbocycles. The predicted octanol–water partition coefficient (Wildman–Crippen LogP) is 1.83. The zero-order valence-electron chi connectivity index (χ0n) is 12.8. The van der Waals surface area contributed by atoms with Crippen LogP contribution < -0.4 is 5.32 Å². The second-order valence-corrected chi connectivity index (χ2v) is 6.56. The zero-order valence-corrected chi connectivity index (χ0v) is 13.6. The van der Waals surface area contributed by atoms with Gasteiger partial charge in [0, 0.05) is 30.9 Å². The van der Waals surface area contributed by atoms with E-state index in [-0.39, 0.29) is 17.9 Å². The van der Waals surface area contributed by atoms with Crippen molar-refractivity contribution >= 4 is 17.2 Å². The van der Waals surface area contributed by atoms with Crippen LogP contribution in [0.4, 0.5) is 0 Å². The van der Waals surface area contributed by atoms with Crippen LogP contribution in [-0.2, 0) is 29.5 Å². The fourth-order valence-corrected chi connectivity index (χ4v) is 3.50. The molecule has 1 N–H and O–H groups in total. The predicted molar refractivity (Wildman–Crippen MR) is 83.3 cm³/mol. The van der Waals surface area contributed by atoms with E-state index in [1.807, 2.05) is 19.3 Å². The minimum Gasteiger partial charge on any atom is -0.371 e. The largest absolute Gasteiger partial charge is 0.371 e. The van der Waals surface area contributed by atoms with Gasteiger partial charge in [-0.05, 0) is 18.9 Å². The van der Waals surface area contributed by atoms with Crippen molar-refractivity contribution in [2.24, 2.45) is 13.0 Å². The molecule has 0 bridgehead atoms. The first-order valence-electron chi connectivity index (χ1n) is 7.49.